The molecular formula is C20H24N2O6S. The Kier molecular flexibility index (Phi) is 7.22. The van der Waals surface area contributed by atoms with Crippen molar-refractivity contribution >= 4 is 33.3 Å². The van der Waals surface area contributed by atoms with Crippen molar-refractivity contribution in [1.82, 2.24) is 0 Å². The fraction of sp³-hybridized carbons (Fsp3) is 0.300. The molecule has 0 heterocycles. The maximum absolute atomic E-state index is 12.9. The van der Waals surface area contributed by atoms with Crippen LogP contribution in [0.1, 0.15) is 23.7 Å². The number of hydrogen-bond donors (Lipinski definition) is 1. The Bertz CT molecular complexity index is 973. The highest BCUT2D eigenvalue weighted by Gasteiger charge is 2.31. The topological polar surface area (TPSA) is 102 Å². The van der Waals surface area contributed by atoms with E-state index in [4.69, 9.17) is 4.74 Å². The van der Waals surface area contributed by atoms with Gasteiger partial charge in [-0.25, -0.2) is 13.2 Å². The van der Waals surface area contributed by atoms with E-state index in [1.165, 1.54) is 20.3 Å². The number of sulfonamides is 1. The lowest BCUT2D eigenvalue weighted by atomic mass is 10.1. The molecule has 0 bridgehead atoms. The van der Waals surface area contributed by atoms with Gasteiger partial charge in [-0.1, -0.05) is 13.0 Å². The van der Waals surface area contributed by atoms with E-state index in [9.17, 15) is 18.0 Å². The van der Waals surface area contributed by atoms with Gasteiger partial charge in [-0.2, -0.15) is 0 Å². The Morgan fingerprint density at radius 1 is 1.10 bits per heavy atom. The van der Waals surface area contributed by atoms with E-state index in [0.29, 0.717) is 17.1 Å². The summed E-state index contributed by atoms with van der Waals surface area (Å²) < 4.78 is 35.8. The number of nitrogens with one attached hydrogen (secondary N) is 1. The molecule has 0 aliphatic carbocycles. The Morgan fingerprint density at radius 2 is 1.76 bits per heavy atom. The zero-order valence-electron chi connectivity index (χ0n) is 16.7. The van der Waals surface area contributed by atoms with Gasteiger partial charge in [0.05, 0.1) is 31.7 Å². The second-order valence-corrected chi connectivity index (χ2v) is 8.10. The molecule has 0 spiro atoms. The normalized spacial score (nSPS) is 12.0. The molecule has 0 aliphatic heterocycles. The van der Waals surface area contributed by atoms with E-state index in [-0.39, 0.29) is 12.0 Å². The number of ether oxygens (including phenoxy) is 2. The van der Waals surface area contributed by atoms with E-state index in [0.717, 1.165) is 10.6 Å². The van der Waals surface area contributed by atoms with Crippen LogP contribution >= 0.6 is 0 Å². The zero-order valence-corrected chi connectivity index (χ0v) is 17.5. The molecule has 1 N–H and O–H groups in total. The molecule has 29 heavy (non-hydrogen) atoms. The molecule has 8 nitrogen and oxygen atoms in total. The predicted molar refractivity (Wildman–Crippen MR) is 111 cm³/mol. The Hall–Kier alpha value is -3.07. The van der Waals surface area contributed by atoms with Gasteiger partial charge in [0, 0.05) is 5.69 Å². The monoisotopic (exact) mass is 420 g/mol. The molecule has 2 aromatic carbocycles. The van der Waals surface area contributed by atoms with Crippen molar-refractivity contribution < 1.29 is 27.5 Å². The fourth-order valence-corrected chi connectivity index (χ4v) is 4.07. The van der Waals surface area contributed by atoms with Crippen LogP contribution in [0, 0.1) is 0 Å². The summed E-state index contributed by atoms with van der Waals surface area (Å²) in [6.07, 6.45) is 1.28. The molecule has 0 aliphatic rings. The molecular weight excluding hydrogens is 396 g/mol. The van der Waals surface area contributed by atoms with Crippen molar-refractivity contribution in [2.24, 2.45) is 0 Å². The molecule has 2 aromatic rings. The molecule has 0 aromatic heterocycles. The molecule has 2 rings (SSSR count). The highest BCUT2D eigenvalue weighted by Crippen LogP contribution is 2.25. The lowest BCUT2D eigenvalue weighted by Gasteiger charge is -2.30. The largest absolute Gasteiger partial charge is 0.497 e. The minimum absolute atomic E-state index is 0.238. The summed E-state index contributed by atoms with van der Waals surface area (Å²) in [4.78, 5) is 24.6. The van der Waals surface area contributed by atoms with Crippen molar-refractivity contribution in [3.05, 3.63) is 54.1 Å². The van der Waals surface area contributed by atoms with Gasteiger partial charge in [-0.15, -0.1) is 0 Å². The minimum atomic E-state index is -3.75. The van der Waals surface area contributed by atoms with Crippen LogP contribution in [0.5, 0.6) is 5.75 Å². The van der Waals surface area contributed by atoms with Crippen molar-refractivity contribution in [3.8, 4) is 5.75 Å². The van der Waals surface area contributed by atoms with Crippen LogP contribution in [-0.4, -0.2) is 46.8 Å². The lowest BCUT2D eigenvalue weighted by molar-refractivity contribution is -0.117. The Labute approximate surface area is 170 Å². The number of nitrogens with zero attached hydrogens (tertiary/aromatic N) is 1. The number of amides is 1. The van der Waals surface area contributed by atoms with Crippen molar-refractivity contribution in [2.45, 2.75) is 19.4 Å². The van der Waals surface area contributed by atoms with Crippen LogP contribution in [0.4, 0.5) is 11.4 Å². The van der Waals surface area contributed by atoms with Crippen LogP contribution < -0.4 is 14.4 Å². The first-order valence-electron chi connectivity index (χ1n) is 8.84. The van der Waals surface area contributed by atoms with Gasteiger partial charge in [-0.05, 0) is 48.9 Å². The first-order valence-corrected chi connectivity index (χ1v) is 10.7. The maximum atomic E-state index is 12.9. The molecule has 0 unspecified atom stereocenters. The quantitative estimate of drug-likeness (QED) is 0.659. The zero-order chi connectivity index (χ0) is 21.6. The summed E-state index contributed by atoms with van der Waals surface area (Å²) in [6.45, 7) is 1.72. The molecule has 1 amide bonds. The summed E-state index contributed by atoms with van der Waals surface area (Å²) in [5, 5.41) is 2.68. The van der Waals surface area contributed by atoms with Gasteiger partial charge >= 0.3 is 5.97 Å². The molecule has 0 saturated heterocycles. The second-order valence-electron chi connectivity index (χ2n) is 6.24. The summed E-state index contributed by atoms with van der Waals surface area (Å²) in [5.74, 6) is -0.487. The SMILES string of the molecule is CC[C@H](C(=O)Nc1cccc(C(=O)OC)c1)N(c1ccc(OC)cc1)S(C)(=O)=O. The smallest absolute Gasteiger partial charge is 0.337 e. The fourth-order valence-electron chi connectivity index (χ4n) is 2.86. The summed E-state index contributed by atoms with van der Waals surface area (Å²) >= 11 is 0. The number of rotatable bonds is 8. The van der Waals surface area contributed by atoms with Gasteiger partial charge < -0.3 is 14.8 Å². The highest BCUT2D eigenvalue weighted by atomic mass is 32.2. The van der Waals surface area contributed by atoms with E-state index in [2.05, 4.69) is 10.1 Å². The van der Waals surface area contributed by atoms with Gasteiger partial charge in [0.25, 0.3) is 0 Å². The van der Waals surface area contributed by atoms with Crippen LogP contribution in [0.15, 0.2) is 48.5 Å². The number of methoxy groups -OCH3 is 2. The van der Waals surface area contributed by atoms with Gasteiger partial charge in [0.1, 0.15) is 11.8 Å². The Balaban J connectivity index is 2.34. The number of anilines is 2. The maximum Gasteiger partial charge on any atom is 0.337 e. The van der Waals surface area contributed by atoms with E-state index in [1.807, 2.05) is 0 Å². The third-order valence-corrected chi connectivity index (χ3v) is 5.39. The molecule has 156 valence electrons. The molecule has 0 saturated carbocycles. The van der Waals surface area contributed by atoms with Crippen molar-refractivity contribution in [1.29, 1.82) is 0 Å². The third kappa shape index (κ3) is 5.47. The summed E-state index contributed by atoms with van der Waals surface area (Å²) in [5.41, 5.74) is 0.978. The van der Waals surface area contributed by atoms with Crippen LogP contribution in [0.25, 0.3) is 0 Å². The van der Waals surface area contributed by atoms with Crippen molar-refractivity contribution in [3.63, 3.8) is 0 Å². The molecule has 0 radical (unpaired) electrons. The lowest BCUT2D eigenvalue weighted by Crippen LogP contribution is -2.47. The van der Waals surface area contributed by atoms with E-state index in [1.54, 1.807) is 49.4 Å². The predicted octanol–water partition coefficient (Wildman–Crippen LogP) is 2.67. The van der Waals surface area contributed by atoms with E-state index < -0.39 is 27.9 Å². The minimum Gasteiger partial charge on any atom is -0.497 e. The second kappa shape index (κ2) is 9.42. The average molecular weight is 420 g/mol. The van der Waals surface area contributed by atoms with Gasteiger partial charge in [0.2, 0.25) is 15.9 Å². The number of benzene rings is 2. The van der Waals surface area contributed by atoms with Crippen LogP contribution in [0.2, 0.25) is 0 Å². The standard InChI is InChI=1S/C20H24N2O6S/c1-5-18(19(23)21-15-8-6-7-14(13-15)20(24)28-3)22(29(4,25)26)16-9-11-17(27-2)12-10-16/h6-13,18H,5H2,1-4H3,(H,21,23)/t18-/m1/s1. The Morgan fingerprint density at radius 3 is 2.28 bits per heavy atom. The summed E-state index contributed by atoms with van der Waals surface area (Å²) in [7, 11) is -0.983. The van der Waals surface area contributed by atoms with E-state index >= 15 is 0 Å². The van der Waals surface area contributed by atoms with Gasteiger partial charge in [-0.3, -0.25) is 9.10 Å². The molecule has 1 atom stereocenters. The first kappa shape index (κ1) is 22.2. The first-order chi connectivity index (χ1) is 13.7. The molecule has 0 fully saturated rings. The number of carbonyl (C=O) groups is 2. The average Bonchev–Trinajstić information content (AvgIpc) is 2.70. The number of carbonyl (C=O) groups excluding carboxylic acids is 2. The number of esters is 1. The van der Waals surface area contributed by atoms with Gasteiger partial charge in [0.15, 0.2) is 0 Å². The molecule has 9 heteroatoms. The van der Waals surface area contributed by atoms with Crippen LogP contribution in [0.3, 0.4) is 0 Å². The van der Waals surface area contributed by atoms with Crippen LogP contribution in [-0.2, 0) is 19.6 Å². The highest BCUT2D eigenvalue weighted by molar-refractivity contribution is 7.92. The number of hydrogen-bond acceptors (Lipinski definition) is 6. The summed E-state index contributed by atoms with van der Waals surface area (Å²) in [6, 6.07) is 11.6. The van der Waals surface area contributed by atoms with Crippen molar-refractivity contribution in [2.75, 3.05) is 30.1 Å². The third-order valence-electron chi connectivity index (χ3n) is 4.21.